The molecule has 0 fully saturated rings. The zero-order valence-corrected chi connectivity index (χ0v) is 6.40. The molecule has 1 aromatic rings. The van der Waals surface area contributed by atoms with E-state index in [-0.39, 0.29) is 12.0 Å². The van der Waals surface area contributed by atoms with Crippen LogP contribution in [-0.4, -0.2) is 5.11 Å². The quantitative estimate of drug-likeness (QED) is 0.609. The van der Waals surface area contributed by atoms with Crippen LogP contribution >= 0.6 is 0 Å². The van der Waals surface area contributed by atoms with Crippen molar-refractivity contribution in [1.29, 1.82) is 0 Å². The van der Waals surface area contributed by atoms with E-state index in [1.165, 1.54) is 6.08 Å². The fraction of sp³-hybridized carbons (Fsp3) is 0.111. The van der Waals surface area contributed by atoms with Gasteiger partial charge < -0.3 is 15.6 Å². The second kappa shape index (κ2) is 2.53. The standard InChI is InChI=1S/C9H9NO2/c10-7-5-9(11)12-8-4-2-1-3-6(7)8/h1-5,7,11H,10H2. The highest BCUT2D eigenvalue weighted by Gasteiger charge is 2.16. The monoisotopic (exact) mass is 163 g/mol. The van der Waals surface area contributed by atoms with Gasteiger partial charge in [0.1, 0.15) is 5.75 Å². The summed E-state index contributed by atoms with van der Waals surface area (Å²) < 4.78 is 5.04. The average Bonchev–Trinajstić information content (AvgIpc) is 2.04. The summed E-state index contributed by atoms with van der Waals surface area (Å²) in [7, 11) is 0. The predicted molar refractivity (Wildman–Crippen MR) is 44.7 cm³/mol. The summed E-state index contributed by atoms with van der Waals surface area (Å²) in [6, 6.07) is 7.11. The Bertz CT molecular complexity index is 333. The topological polar surface area (TPSA) is 55.5 Å². The van der Waals surface area contributed by atoms with Crippen molar-refractivity contribution < 1.29 is 9.84 Å². The average molecular weight is 163 g/mol. The molecule has 62 valence electrons. The summed E-state index contributed by atoms with van der Waals surface area (Å²) in [5, 5.41) is 9.09. The highest BCUT2D eigenvalue weighted by atomic mass is 16.6. The third-order valence-electron chi connectivity index (χ3n) is 1.81. The van der Waals surface area contributed by atoms with E-state index in [2.05, 4.69) is 0 Å². The molecule has 1 unspecified atom stereocenters. The van der Waals surface area contributed by atoms with E-state index in [1.54, 1.807) is 6.07 Å². The minimum atomic E-state index is -0.269. The van der Waals surface area contributed by atoms with Crippen LogP contribution in [0.15, 0.2) is 36.3 Å². The molecule has 0 radical (unpaired) electrons. The van der Waals surface area contributed by atoms with Gasteiger partial charge in [-0.1, -0.05) is 18.2 Å². The molecule has 1 heterocycles. The summed E-state index contributed by atoms with van der Waals surface area (Å²) in [6.45, 7) is 0. The van der Waals surface area contributed by atoms with Gasteiger partial charge in [-0.3, -0.25) is 0 Å². The molecule has 3 heteroatoms. The van der Waals surface area contributed by atoms with Gasteiger partial charge in [-0.15, -0.1) is 0 Å². The van der Waals surface area contributed by atoms with Crippen LogP contribution in [0.4, 0.5) is 0 Å². The molecule has 0 amide bonds. The third kappa shape index (κ3) is 1.04. The van der Waals surface area contributed by atoms with Crippen molar-refractivity contribution in [1.82, 2.24) is 0 Å². The summed E-state index contributed by atoms with van der Waals surface area (Å²) in [4.78, 5) is 0. The number of rotatable bonds is 0. The van der Waals surface area contributed by atoms with Crippen molar-refractivity contribution >= 4 is 0 Å². The molecule has 0 bridgehead atoms. The van der Waals surface area contributed by atoms with Crippen molar-refractivity contribution in [2.24, 2.45) is 5.73 Å². The summed E-state index contributed by atoms with van der Waals surface area (Å²) >= 11 is 0. The number of hydrogen-bond acceptors (Lipinski definition) is 3. The highest BCUT2D eigenvalue weighted by molar-refractivity contribution is 5.40. The molecule has 0 aromatic heterocycles. The first-order valence-corrected chi connectivity index (χ1v) is 3.70. The summed E-state index contributed by atoms with van der Waals surface area (Å²) in [5.74, 6) is 0.506. The zero-order valence-electron chi connectivity index (χ0n) is 6.40. The van der Waals surface area contributed by atoms with Gasteiger partial charge in [0.2, 0.25) is 0 Å². The Morgan fingerprint density at radius 3 is 2.92 bits per heavy atom. The lowest BCUT2D eigenvalue weighted by Crippen LogP contribution is -2.15. The van der Waals surface area contributed by atoms with Gasteiger partial charge in [0.05, 0.1) is 6.04 Å². The molecule has 1 aromatic carbocycles. The van der Waals surface area contributed by atoms with Crippen LogP contribution in [0, 0.1) is 0 Å². The molecular weight excluding hydrogens is 154 g/mol. The molecule has 0 aliphatic carbocycles. The SMILES string of the molecule is NC1C=C(O)Oc2ccccc21. The molecule has 0 spiro atoms. The highest BCUT2D eigenvalue weighted by Crippen LogP contribution is 2.29. The molecule has 12 heavy (non-hydrogen) atoms. The molecule has 2 rings (SSSR count). The van der Waals surface area contributed by atoms with Crippen LogP contribution < -0.4 is 10.5 Å². The van der Waals surface area contributed by atoms with Crippen molar-refractivity contribution in [3.8, 4) is 5.75 Å². The van der Waals surface area contributed by atoms with E-state index in [0.29, 0.717) is 5.75 Å². The number of fused-ring (bicyclic) bond motifs is 1. The number of para-hydroxylation sites is 1. The van der Waals surface area contributed by atoms with Gasteiger partial charge in [0.15, 0.2) is 0 Å². The van der Waals surface area contributed by atoms with Crippen LogP contribution in [-0.2, 0) is 0 Å². The fourth-order valence-corrected chi connectivity index (χ4v) is 1.24. The minimum absolute atomic E-state index is 0.124. The zero-order chi connectivity index (χ0) is 8.55. The number of ether oxygens (including phenoxy) is 1. The Morgan fingerprint density at radius 2 is 2.08 bits per heavy atom. The lowest BCUT2D eigenvalue weighted by molar-refractivity contribution is 0.197. The Labute approximate surface area is 70.1 Å². The molecule has 1 atom stereocenters. The summed E-state index contributed by atoms with van der Waals surface area (Å²) in [6.07, 6.45) is 1.47. The van der Waals surface area contributed by atoms with Crippen LogP contribution in [0.1, 0.15) is 11.6 Å². The van der Waals surface area contributed by atoms with Gasteiger partial charge in [-0.05, 0) is 6.07 Å². The Balaban J connectivity index is 2.48. The maximum Gasteiger partial charge on any atom is 0.279 e. The minimum Gasteiger partial charge on any atom is -0.481 e. The number of nitrogens with two attached hydrogens (primary N) is 1. The molecule has 3 N–H and O–H groups in total. The lowest BCUT2D eigenvalue weighted by atomic mass is 10.1. The Morgan fingerprint density at radius 1 is 1.33 bits per heavy atom. The maximum absolute atomic E-state index is 9.09. The van der Waals surface area contributed by atoms with E-state index in [0.717, 1.165) is 5.56 Å². The van der Waals surface area contributed by atoms with Gasteiger partial charge in [0, 0.05) is 11.6 Å². The summed E-state index contributed by atoms with van der Waals surface area (Å²) in [5.41, 5.74) is 6.62. The third-order valence-corrected chi connectivity index (χ3v) is 1.81. The van der Waals surface area contributed by atoms with Gasteiger partial charge in [0.25, 0.3) is 5.95 Å². The molecule has 0 saturated carbocycles. The van der Waals surface area contributed by atoms with E-state index >= 15 is 0 Å². The van der Waals surface area contributed by atoms with Crippen molar-refractivity contribution in [3.63, 3.8) is 0 Å². The lowest BCUT2D eigenvalue weighted by Gasteiger charge is -2.18. The fourth-order valence-electron chi connectivity index (χ4n) is 1.24. The van der Waals surface area contributed by atoms with Crippen LogP contribution in [0.2, 0.25) is 0 Å². The van der Waals surface area contributed by atoms with Crippen LogP contribution in [0.3, 0.4) is 0 Å². The smallest absolute Gasteiger partial charge is 0.279 e. The molecular formula is C9H9NO2. The first kappa shape index (κ1) is 7.18. The second-order valence-corrected chi connectivity index (χ2v) is 2.67. The van der Waals surface area contributed by atoms with E-state index in [9.17, 15) is 0 Å². The normalized spacial score (nSPS) is 20.8. The largest absolute Gasteiger partial charge is 0.481 e. The first-order valence-electron chi connectivity index (χ1n) is 3.70. The molecule has 0 saturated heterocycles. The van der Waals surface area contributed by atoms with Crippen LogP contribution in [0.25, 0.3) is 0 Å². The number of benzene rings is 1. The van der Waals surface area contributed by atoms with Gasteiger partial charge >= 0.3 is 0 Å². The maximum atomic E-state index is 9.09. The predicted octanol–water partition coefficient (Wildman–Crippen LogP) is 1.48. The van der Waals surface area contributed by atoms with E-state index < -0.39 is 0 Å². The molecule has 1 aliphatic heterocycles. The van der Waals surface area contributed by atoms with E-state index in [1.807, 2.05) is 18.2 Å². The number of aliphatic hydroxyl groups is 1. The number of aliphatic hydroxyl groups excluding tert-OH is 1. The first-order chi connectivity index (χ1) is 5.77. The second-order valence-electron chi connectivity index (χ2n) is 2.67. The van der Waals surface area contributed by atoms with E-state index in [4.69, 9.17) is 15.6 Å². The molecule has 3 nitrogen and oxygen atoms in total. The van der Waals surface area contributed by atoms with Crippen LogP contribution in [0.5, 0.6) is 5.75 Å². The van der Waals surface area contributed by atoms with Gasteiger partial charge in [-0.2, -0.15) is 0 Å². The Kier molecular flexibility index (Phi) is 1.52. The van der Waals surface area contributed by atoms with Crippen molar-refractivity contribution in [2.75, 3.05) is 0 Å². The van der Waals surface area contributed by atoms with Gasteiger partial charge in [-0.25, -0.2) is 0 Å². The molecule has 1 aliphatic rings. The number of hydrogen-bond donors (Lipinski definition) is 2. The Hall–Kier alpha value is -1.48. The van der Waals surface area contributed by atoms with Crippen molar-refractivity contribution in [3.05, 3.63) is 41.9 Å². The van der Waals surface area contributed by atoms with Crippen molar-refractivity contribution in [2.45, 2.75) is 6.04 Å².